The number of nitrogens with two attached hydrogens (primary N) is 1. The lowest BCUT2D eigenvalue weighted by Gasteiger charge is -2.18. The van der Waals surface area contributed by atoms with Crippen molar-refractivity contribution >= 4 is 17.3 Å². The van der Waals surface area contributed by atoms with E-state index < -0.39 is 0 Å². The lowest BCUT2D eigenvalue weighted by Crippen LogP contribution is -2.35. The van der Waals surface area contributed by atoms with Crippen LogP contribution in [0.15, 0.2) is 11.0 Å². The summed E-state index contributed by atoms with van der Waals surface area (Å²) in [5.41, 5.74) is 6.08. The SMILES string of the molecule is NC1CCCC1Nc1cn[nH]c(=O)c1Cl. The highest BCUT2D eigenvalue weighted by Crippen LogP contribution is 2.23. The summed E-state index contributed by atoms with van der Waals surface area (Å²) in [7, 11) is 0. The van der Waals surface area contributed by atoms with Crippen molar-refractivity contribution in [1.29, 1.82) is 0 Å². The zero-order valence-corrected chi connectivity index (χ0v) is 8.92. The number of aromatic nitrogens is 2. The van der Waals surface area contributed by atoms with Crippen molar-refractivity contribution in [3.8, 4) is 0 Å². The molecule has 1 aliphatic carbocycles. The summed E-state index contributed by atoms with van der Waals surface area (Å²) in [5, 5.41) is 9.26. The number of nitrogens with one attached hydrogen (secondary N) is 2. The Labute approximate surface area is 92.0 Å². The number of nitrogens with zero attached hydrogens (tertiary/aromatic N) is 1. The van der Waals surface area contributed by atoms with Crippen LogP contribution in [0.1, 0.15) is 19.3 Å². The molecule has 1 heterocycles. The number of rotatable bonds is 2. The van der Waals surface area contributed by atoms with Gasteiger partial charge in [0.25, 0.3) is 5.56 Å². The van der Waals surface area contributed by atoms with Gasteiger partial charge in [0.15, 0.2) is 0 Å². The van der Waals surface area contributed by atoms with E-state index in [2.05, 4.69) is 15.5 Å². The number of halogens is 1. The topological polar surface area (TPSA) is 83.8 Å². The van der Waals surface area contributed by atoms with E-state index in [9.17, 15) is 4.79 Å². The molecule has 5 nitrogen and oxygen atoms in total. The van der Waals surface area contributed by atoms with Gasteiger partial charge in [0.1, 0.15) is 5.02 Å². The van der Waals surface area contributed by atoms with Crippen molar-refractivity contribution in [3.63, 3.8) is 0 Å². The van der Waals surface area contributed by atoms with Gasteiger partial charge in [0, 0.05) is 12.1 Å². The van der Waals surface area contributed by atoms with Gasteiger partial charge in [-0.05, 0) is 19.3 Å². The number of anilines is 1. The first-order chi connectivity index (χ1) is 7.18. The minimum atomic E-state index is -0.381. The summed E-state index contributed by atoms with van der Waals surface area (Å²) in [4.78, 5) is 11.2. The van der Waals surface area contributed by atoms with Crippen LogP contribution in [-0.4, -0.2) is 22.3 Å². The normalized spacial score (nSPS) is 25.5. The molecule has 6 heteroatoms. The Kier molecular flexibility index (Phi) is 2.93. The van der Waals surface area contributed by atoms with E-state index in [1.165, 1.54) is 6.20 Å². The minimum Gasteiger partial charge on any atom is -0.378 e. The third kappa shape index (κ3) is 2.13. The zero-order valence-electron chi connectivity index (χ0n) is 8.16. The van der Waals surface area contributed by atoms with Gasteiger partial charge < -0.3 is 11.1 Å². The van der Waals surface area contributed by atoms with Crippen molar-refractivity contribution in [1.82, 2.24) is 10.2 Å². The molecule has 0 amide bonds. The molecular formula is C9H13ClN4O. The van der Waals surface area contributed by atoms with E-state index in [4.69, 9.17) is 17.3 Å². The van der Waals surface area contributed by atoms with E-state index in [0.717, 1.165) is 19.3 Å². The molecule has 2 rings (SSSR count). The molecule has 0 radical (unpaired) electrons. The smallest absolute Gasteiger partial charge is 0.285 e. The van der Waals surface area contributed by atoms with Crippen LogP contribution in [0.5, 0.6) is 0 Å². The molecule has 1 aromatic rings. The van der Waals surface area contributed by atoms with Gasteiger partial charge in [-0.25, -0.2) is 5.10 Å². The summed E-state index contributed by atoms with van der Waals surface area (Å²) in [6, 6.07) is 0.312. The Balaban J connectivity index is 2.17. The minimum absolute atomic E-state index is 0.125. The lowest BCUT2D eigenvalue weighted by molar-refractivity contribution is 0.637. The molecule has 82 valence electrons. The van der Waals surface area contributed by atoms with E-state index in [1.807, 2.05) is 0 Å². The first-order valence-electron chi connectivity index (χ1n) is 4.94. The molecule has 15 heavy (non-hydrogen) atoms. The maximum atomic E-state index is 11.2. The summed E-state index contributed by atoms with van der Waals surface area (Å²) in [6.45, 7) is 0. The maximum absolute atomic E-state index is 11.2. The Morgan fingerprint density at radius 3 is 3.07 bits per heavy atom. The second kappa shape index (κ2) is 4.20. The predicted molar refractivity (Wildman–Crippen MR) is 59.1 cm³/mol. The molecule has 0 aromatic carbocycles. The van der Waals surface area contributed by atoms with Crippen LogP contribution in [-0.2, 0) is 0 Å². The van der Waals surface area contributed by atoms with Crippen LogP contribution in [0, 0.1) is 0 Å². The molecule has 0 bridgehead atoms. The van der Waals surface area contributed by atoms with Crippen LogP contribution < -0.4 is 16.6 Å². The van der Waals surface area contributed by atoms with Gasteiger partial charge in [-0.1, -0.05) is 11.6 Å². The Morgan fingerprint density at radius 1 is 1.60 bits per heavy atom. The predicted octanol–water partition coefficient (Wildman–Crippen LogP) is 0.715. The number of hydrogen-bond donors (Lipinski definition) is 3. The monoisotopic (exact) mass is 228 g/mol. The third-order valence-electron chi connectivity index (χ3n) is 2.71. The quantitative estimate of drug-likeness (QED) is 0.696. The lowest BCUT2D eigenvalue weighted by atomic mass is 10.2. The maximum Gasteiger partial charge on any atom is 0.285 e. The van der Waals surface area contributed by atoms with Crippen LogP contribution in [0.3, 0.4) is 0 Å². The number of hydrogen-bond acceptors (Lipinski definition) is 4. The Morgan fingerprint density at radius 2 is 2.40 bits per heavy atom. The van der Waals surface area contributed by atoms with Gasteiger partial charge >= 0.3 is 0 Å². The van der Waals surface area contributed by atoms with Gasteiger partial charge in [-0.2, -0.15) is 5.10 Å². The van der Waals surface area contributed by atoms with E-state index in [1.54, 1.807) is 0 Å². The molecular weight excluding hydrogens is 216 g/mol. The number of aromatic amines is 1. The zero-order chi connectivity index (χ0) is 10.8. The molecule has 0 spiro atoms. The highest BCUT2D eigenvalue weighted by atomic mass is 35.5. The van der Waals surface area contributed by atoms with E-state index in [0.29, 0.717) is 5.69 Å². The molecule has 0 aliphatic heterocycles. The van der Waals surface area contributed by atoms with E-state index >= 15 is 0 Å². The van der Waals surface area contributed by atoms with E-state index in [-0.39, 0.29) is 22.7 Å². The fraction of sp³-hybridized carbons (Fsp3) is 0.556. The van der Waals surface area contributed by atoms with Gasteiger partial charge in [0.2, 0.25) is 0 Å². The summed E-state index contributed by atoms with van der Waals surface area (Å²) in [5.74, 6) is 0. The summed E-state index contributed by atoms with van der Waals surface area (Å²) >= 11 is 5.83. The Bertz CT molecular complexity index is 405. The molecule has 1 aromatic heterocycles. The van der Waals surface area contributed by atoms with Crippen molar-refractivity contribution in [2.75, 3.05) is 5.32 Å². The van der Waals surface area contributed by atoms with Crippen molar-refractivity contribution < 1.29 is 0 Å². The first-order valence-corrected chi connectivity index (χ1v) is 5.31. The second-order valence-electron chi connectivity index (χ2n) is 3.77. The van der Waals surface area contributed by atoms with Crippen LogP contribution in [0.4, 0.5) is 5.69 Å². The summed E-state index contributed by atoms with van der Waals surface area (Å²) < 4.78 is 0. The van der Waals surface area contributed by atoms with Crippen LogP contribution >= 0.6 is 11.6 Å². The standard InChI is InChI=1S/C9H13ClN4O/c10-8-7(4-12-14-9(8)15)13-6-3-1-2-5(6)11/h4-6H,1-3,11H2,(H2,13,14,15). The molecule has 2 atom stereocenters. The van der Waals surface area contributed by atoms with Crippen molar-refractivity contribution in [2.24, 2.45) is 5.73 Å². The highest BCUT2D eigenvalue weighted by molar-refractivity contribution is 6.32. The van der Waals surface area contributed by atoms with Gasteiger partial charge in [0.05, 0.1) is 11.9 Å². The first kappa shape index (κ1) is 10.4. The third-order valence-corrected chi connectivity index (χ3v) is 3.08. The molecule has 0 saturated heterocycles. The van der Waals surface area contributed by atoms with Gasteiger partial charge in [-0.15, -0.1) is 0 Å². The average molecular weight is 229 g/mol. The van der Waals surface area contributed by atoms with Crippen molar-refractivity contribution in [2.45, 2.75) is 31.3 Å². The average Bonchev–Trinajstić information content (AvgIpc) is 2.60. The molecule has 2 unspecified atom stereocenters. The van der Waals surface area contributed by atoms with Gasteiger partial charge in [-0.3, -0.25) is 4.79 Å². The number of H-pyrrole nitrogens is 1. The van der Waals surface area contributed by atoms with Crippen LogP contribution in [0.25, 0.3) is 0 Å². The largest absolute Gasteiger partial charge is 0.378 e. The molecule has 1 fully saturated rings. The fourth-order valence-corrected chi connectivity index (χ4v) is 2.00. The molecule has 1 aliphatic rings. The second-order valence-corrected chi connectivity index (χ2v) is 4.15. The fourth-order valence-electron chi connectivity index (χ4n) is 1.85. The molecule has 4 N–H and O–H groups in total. The van der Waals surface area contributed by atoms with Crippen LogP contribution in [0.2, 0.25) is 5.02 Å². The Hall–Kier alpha value is -1.07. The molecule has 1 saturated carbocycles. The van der Waals surface area contributed by atoms with Crippen molar-refractivity contribution in [3.05, 3.63) is 21.6 Å². The summed E-state index contributed by atoms with van der Waals surface area (Å²) in [6.07, 6.45) is 4.62. The highest BCUT2D eigenvalue weighted by Gasteiger charge is 2.24.